The molecule has 16 heavy (non-hydrogen) atoms. The summed E-state index contributed by atoms with van der Waals surface area (Å²) in [4.78, 5) is 11.7. The lowest BCUT2D eigenvalue weighted by Crippen LogP contribution is -2.28. The van der Waals surface area contributed by atoms with E-state index in [0.717, 1.165) is 12.1 Å². The number of amides is 1. The van der Waals surface area contributed by atoms with Crippen molar-refractivity contribution in [2.24, 2.45) is 5.73 Å². The summed E-state index contributed by atoms with van der Waals surface area (Å²) in [6, 6.07) is 2.76. The molecule has 0 radical (unpaired) electrons. The van der Waals surface area contributed by atoms with E-state index < -0.39 is 17.5 Å². The zero-order valence-corrected chi connectivity index (χ0v) is 9.11. The van der Waals surface area contributed by atoms with Crippen LogP contribution in [0.2, 0.25) is 0 Å². The first-order valence-corrected chi connectivity index (χ1v) is 4.93. The quantitative estimate of drug-likeness (QED) is 0.786. The molecule has 0 saturated carbocycles. The second-order valence-electron chi connectivity index (χ2n) is 3.10. The van der Waals surface area contributed by atoms with Crippen molar-refractivity contribution in [1.29, 1.82) is 0 Å². The first-order valence-electron chi connectivity index (χ1n) is 4.52. The number of carbonyl (C=O) groups is 1. The molecule has 1 rings (SSSR count). The normalized spacial score (nSPS) is 9.88. The molecule has 1 aromatic carbocycles. The topological polar surface area (TPSA) is 55.1 Å². The van der Waals surface area contributed by atoms with Crippen LogP contribution in [0.5, 0.6) is 0 Å². The number of rotatable bonds is 4. The van der Waals surface area contributed by atoms with E-state index in [1.165, 1.54) is 0 Å². The van der Waals surface area contributed by atoms with Gasteiger partial charge >= 0.3 is 0 Å². The monoisotopic (exact) mass is 244 g/mol. The summed E-state index contributed by atoms with van der Waals surface area (Å²) in [5, 5.41) is 2.42. The number of nitrogens with one attached hydrogen (secondary N) is 1. The molecule has 0 aliphatic heterocycles. The highest BCUT2D eigenvalue weighted by atomic mass is 32.1. The van der Waals surface area contributed by atoms with Gasteiger partial charge in [0.05, 0.1) is 10.6 Å². The van der Waals surface area contributed by atoms with Gasteiger partial charge in [-0.3, -0.25) is 4.79 Å². The third kappa shape index (κ3) is 3.54. The number of nitrogens with two attached hydrogens (primary N) is 1. The minimum atomic E-state index is -0.896. The van der Waals surface area contributed by atoms with Crippen molar-refractivity contribution in [3.8, 4) is 0 Å². The maximum absolute atomic E-state index is 13.1. The van der Waals surface area contributed by atoms with Crippen LogP contribution in [0.1, 0.15) is 16.8 Å². The Morgan fingerprint density at radius 2 is 2.12 bits per heavy atom. The van der Waals surface area contributed by atoms with Gasteiger partial charge in [0.25, 0.3) is 5.91 Å². The predicted octanol–water partition coefficient (Wildman–Crippen LogP) is 1.37. The molecule has 0 fully saturated rings. The van der Waals surface area contributed by atoms with E-state index in [0.29, 0.717) is 12.5 Å². The minimum absolute atomic E-state index is 0.204. The first kappa shape index (κ1) is 12.5. The van der Waals surface area contributed by atoms with Crippen molar-refractivity contribution in [1.82, 2.24) is 5.32 Å². The molecule has 0 saturated heterocycles. The predicted molar refractivity (Wildman–Crippen MR) is 60.1 cm³/mol. The molecule has 0 aromatic heterocycles. The molecule has 0 unspecified atom stereocenters. The van der Waals surface area contributed by atoms with Crippen molar-refractivity contribution < 1.29 is 13.6 Å². The van der Waals surface area contributed by atoms with E-state index >= 15 is 0 Å². The van der Waals surface area contributed by atoms with Gasteiger partial charge in [0.1, 0.15) is 11.6 Å². The molecule has 86 valence electrons. The van der Waals surface area contributed by atoms with Crippen LogP contribution in [-0.2, 0) is 0 Å². The number of carbonyl (C=O) groups excluding carboxylic acids is 1. The van der Waals surface area contributed by atoms with E-state index in [4.69, 9.17) is 5.73 Å². The Balaban J connectivity index is 2.63. The number of hydrogen-bond acceptors (Lipinski definition) is 2. The zero-order valence-electron chi connectivity index (χ0n) is 8.30. The summed E-state index contributed by atoms with van der Waals surface area (Å²) in [5.74, 6) is -2.24. The van der Waals surface area contributed by atoms with E-state index in [-0.39, 0.29) is 17.1 Å². The maximum Gasteiger partial charge on any atom is 0.254 e. The van der Waals surface area contributed by atoms with Gasteiger partial charge in [-0.2, -0.15) is 0 Å². The molecule has 0 aliphatic carbocycles. The van der Waals surface area contributed by atoms with Crippen LogP contribution < -0.4 is 11.1 Å². The third-order valence-corrected chi connectivity index (χ3v) is 2.04. The molecule has 6 heteroatoms. The van der Waals surface area contributed by atoms with Gasteiger partial charge in [-0.25, -0.2) is 8.78 Å². The lowest BCUT2D eigenvalue weighted by Gasteiger charge is -2.05. The fourth-order valence-electron chi connectivity index (χ4n) is 1.07. The van der Waals surface area contributed by atoms with Crippen LogP contribution in [0.15, 0.2) is 18.2 Å². The van der Waals surface area contributed by atoms with Crippen LogP contribution in [0, 0.1) is 11.6 Å². The standard InChI is InChI=1S/C10H10F2N2OS/c11-6-1-2-7(8(12)5-6)10(15)14-4-3-9(13)16/h1-2,5H,3-4H2,(H2,13,16)(H,14,15). The Bertz CT molecular complexity index is 423. The largest absolute Gasteiger partial charge is 0.393 e. The van der Waals surface area contributed by atoms with E-state index in [1.807, 2.05) is 0 Å². The number of benzene rings is 1. The van der Waals surface area contributed by atoms with Gasteiger partial charge in [-0.15, -0.1) is 0 Å². The summed E-state index contributed by atoms with van der Waals surface area (Å²) in [7, 11) is 0. The average Bonchev–Trinajstić information content (AvgIpc) is 2.16. The Kier molecular flexibility index (Phi) is 4.30. The Labute approximate surface area is 96.6 Å². The van der Waals surface area contributed by atoms with Crippen LogP contribution >= 0.6 is 12.2 Å². The smallest absolute Gasteiger partial charge is 0.254 e. The molecular formula is C10H10F2N2OS. The highest BCUT2D eigenvalue weighted by molar-refractivity contribution is 7.80. The van der Waals surface area contributed by atoms with Crippen molar-refractivity contribution >= 4 is 23.1 Å². The molecular weight excluding hydrogens is 234 g/mol. The lowest BCUT2D eigenvalue weighted by molar-refractivity contribution is 0.0950. The van der Waals surface area contributed by atoms with Crippen LogP contribution in [0.3, 0.4) is 0 Å². The van der Waals surface area contributed by atoms with Gasteiger partial charge in [0.2, 0.25) is 0 Å². The summed E-state index contributed by atoms with van der Waals surface area (Å²) in [6.07, 6.45) is 0.337. The highest BCUT2D eigenvalue weighted by Crippen LogP contribution is 2.09. The highest BCUT2D eigenvalue weighted by Gasteiger charge is 2.11. The second-order valence-corrected chi connectivity index (χ2v) is 3.62. The first-order chi connectivity index (χ1) is 7.50. The van der Waals surface area contributed by atoms with Gasteiger partial charge in [0, 0.05) is 19.0 Å². The molecule has 0 heterocycles. The van der Waals surface area contributed by atoms with Crippen LogP contribution in [-0.4, -0.2) is 17.4 Å². The van der Waals surface area contributed by atoms with Crippen molar-refractivity contribution in [2.75, 3.05) is 6.54 Å². The molecule has 3 N–H and O–H groups in total. The van der Waals surface area contributed by atoms with Crippen molar-refractivity contribution in [3.05, 3.63) is 35.4 Å². The van der Waals surface area contributed by atoms with E-state index in [1.54, 1.807) is 0 Å². The molecule has 1 aromatic rings. The summed E-state index contributed by atoms with van der Waals surface area (Å²) in [6.45, 7) is 0.227. The van der Waals surface area contributed by atoms with Gasteiger partial charge < -0.3 is 11.1 Å². The van der Waals surface area contributed by atoms with Crippen LogP contribution in [0.25, 0.3) is 0 Å². The van der Waals surface area contributed by atoms with Gasteiger partial charge in [0.15, 0.2) is 0 Å². The minimum Gasteiger partial charge on any atom is -0.393 e. The Hall–Kier alpha value is -1.56. The van der Waals surface area contributed by atoms with Crippen molar-refractivity contribution in [3.63, 3.8) is 0 Å². The van der Waals surface area contributed by atoms with Gasteiger partial charge in [-0.1, -0.05) is 12.2 Å². The number of thiocarbonyl (C=S) groups is 1. The van der Waals surface area contributed by atoms with E-state index in [9.17, 15) is 13.6 Å². The van der Waals surface area contributed by atoms with Gasteiger partial charge in [-0.05, 0) is 12.1 Å². The second kappa shape index (κ2) is 5.50. The SMILES string of the molecule is NC(=S)CCNC(=O)c1ccc(F)cc1F. The van der Waals surface area contributed by atoms with Crippen molar-refractivity contribution in [2.45, 2.75) is 6.42 Å². The summed E-state index contributed by atoms with van der Waals surface area (Å²) >= 11 is 4.61. The van der Waals surface area contributed by atoms with Crippen LogP contribution in [0.4, 0.5) is 8.78 Å². The Morgan fingerprint density at radius 3 is 2.69 bits per heavy atom. The molecule has 3 nitrogen and oxygen atoms in total. The molecule has 0 spiro atoms. The summed E-state index contributed by atoms with van der Waals surface area (Å²) < 4.78 is 25.7. The molecule has 0 bridgehead atoms. The fraction of sp³-hybridized carbons (Fsp3) is 0.200. The average molecular weight is 244 g/mol. The number of halogens is 2. The molecule has 0 atom stereocenters. The zero-order chi connectivity index (χ0) is 12.1. The third-order valence-electron chi connectivity index (χ3n) is 1.83. The fourth-order valence-corrected chi connectivity index (χ4v) is 1.17. The Morgan fingerprint density at radius 1 is 1.44 bits per heavy atom. The molecule has 1 amide bonds. The maximum atomic E-state index is 13.1. The lowest BCUT2D eigenvalue weighted by atomic mass is 10.2. The molecule has 0 aliphatic rings. The number of hydrogen-bond donors (Lipinski definition) is 2. The summed E-state index contributed by atoms with van der Waals surface area (Å²) in [5.41, 5.74) is 5.02. The van der Waals surface area contributed by atoms with E-state index in [2.05, 4.69) is 17.5 Å².